The van der Waals surface area contributed by atoms with E-state index in [-0.39, 0.29) is 6.61 Å². The van der Waals surface area contributed by atoms with Gasteiger partial charge in [-0.25, -0.2) is 4.79 Å². The van der Waals surface area contributed by atoms with Crippen LogP contribution >= 0.6 is 0 Å². The summed E-state index contributed by atoms with van der Waals surface area (Å²) in [5, 5.41) is 0. The topological polar surface area (TPSA) is 54.0 Å². The second-order valence-corrected chi connectivity index (χ2v) is 5.20. The van der Waals surface area contributed by atoms with Crippen molar-refractivity contribution in [2.45, 2.75) is 6.92 Å². The standard InChI is InChI=1S/C20H22O5/c1-15-7-4-5-9-17(15)24-13-14-25-19(21)12-11-16-8-6-10-18(22-2)20(16)23-3/h4-12H,13-14H2,1-3H3/b12-11+. The molecule has 25 heavy (non-hydrogen) atoms. The summed E-state index contributed by atoms with van der Waals surface area (Å²) >= 11 is 0. The smallest absolute Gasteiger partial charge is 0.330 e. The van der Waals surface area contributed by atoms with Crippen molar-refractivity contribution in [3.63, 3.8) is 0 Å². The Kier molecular flexibility index (Phi) is 6.89. The molecule has 0 unspecified atom stereocenters. The molecule has 0 fully saturated rings. The van der Waals surface area contributed by atoms with Crippen molar-refractivity contribution in [2.24, 2.45) is 0 Å². The van der Waals surface area contributed by atoms with Crippen molar-refractivity contribution in [1.82, 2.24) is 0 Å². The van der Waals surface area contributed by atoms with Crippen LogP contribution in [0, 0.1) is 6.92 Å². The summed E-state index contributed by atoms with van der Waals surface area (Å²) in [5.74, 6) is 1.51. The zero-order valence-electron chi connectivity index (χ0n) is 14.7. The highest BCUT2D eigenvalue weighted by Crippen LogP contribution is 2.31. The summed E-state index contributed by atoms with van der Waals surface area (Å²) in [4.78, 5) is 11.8. The van der Waals surface area contributed by atoms with E-state index in [0.29, 0.717) is 18.1 Å². The average molecular weight is 342 g/mol. The van der Waals surface area contributed by atoms with Crippen molar-refractivity contribution < 1.29 is 23.7 Å². The zero-order chi connectivity index (χ0) is 18.1. The third-order valence-corrected chi connectivity index (χ3v) is 3.51. The van der Waals surface area contributed by atoms with Crippen LogP contribution in [0.4, 0.5) is 0 Å². The number of ether oxygens (including phenoxy) is 4. The van der Waals surface area contributed by atoms with Crippen molar-refractivity contribution >= 4 is 12.0 Å². The first-order valence-corrected chi connectivity index (χ1v) is 7.90. The molecule has 0 aromatic heterocycles. The van der Waals surface area contributed by atoms with Crippen molar-refractivity contribution in [3.05, 3.63) is 59.7 Å². The lowest BCUT2D eigenvalue weighted by atomic mass is 10.1. The fraction of sp³-hybridized carbons (Fsp3) is 0.250. The highest BCUT2D eigenvalue weighted by Gasteiger charge is 2.07. The Morgan fingerprint density at radius 1 is 0.960 bits per heavy atom. The van der Waals surface area contributed by atoms with E-state index in [1.165, 1.54) is 6.08 Å². The monoisotopic (exact) mass is 342 g/mol. The Morgan fingerprint density at radius 2 is 1.72 bits per heavy atom. The molecule has 0 amide bonds. The molecule has 0 radical (unpaired) electrons. The first-order valence-electron chi connectivity index (χ1n) is 7.90. The number of benzene rings is 2. The Hall–Kier alpha value is -2.95. The predicted octanol–water partition coefficient (Wildman–Crippen LogP) is 3.65. The SMILES string of the molecule is COc1cccc(/C=C/C(=O)OCCOc2ccccc2C)c1OC. The van der Waals surface area contributed by atoms with Crippen LogP contribution < -0.4 is 14.2 Å². The lowest BCUT2D eigenvalue weighted by molar-refractivity contribution is -0.138. The molecule has 0 N–H and O–H groups in total. The molecule has 0 heterocycles. The minimum atomic E-state index is -0.446. The highest BCUT2D eigenvalue weighted by atomic mass is 16.6. The lowest BCUT2D eigenvalue weighted by Crippen LogP contribution is -2.10. The number of carbonyl (C=O) groups excluding carboxylic acids is 1. The van der Waals surface area contributed by atoms with Crippen molar-refractivity contribution in [1.29, 1.82) is 0 Å². The van der Waals surface area contributed by atoms with Crippen LogP contribution in [0.1, 0.15) is 11.1 Å². The molecule has 2 rings (SSSR count). The predicted molar refractivity (Wildman–Crippen MR) is 96.2 cm³/mol. The lowest BCUT2D eigenvalue weighted by Gasteiger charge is -2.10. The van der Waals surface area contributed by atoms with Crippen LogP contribution in [0.15, 0.2) is 48.5 Å². The maximum atomic E-state index is 11.8. The Morgan fingerprint density at radius 3 is 2.44 bits per heavy atom. The quantitative estimate of drug-likeness (QED) is 0.416. The molecule has 0 aliphatic heterocycles. The average Bonchev–Trinajstić information content (AvgIpc) is 2.64. The van der Waals surface area contributed by atoms with Crippen molar-refractivity contribution in [2.75, 3.05) is 27.4 Å². The number of hydrogen-bond donors (Lipinski definition) is 0. The van der Waals surface area contributed by atoms with Gasteiger partial charge in [-0.2, -0.15) is 0 Å². The first-order chi connectivity index (χ1) is 12.2. The molecule has 132 valence electrons. The van der Waals surface area contributed by atoms with Crippen LogP contribution in [0.5, 0.6) is 17.2 Å². The molecule has 0 bridgehead atoms. The molecule has 0 atom stereocenters. The third kappa shape index (κ3) is 5.28. The maximum Gasteiger partial charge on any atom is 0.330 e. The van der Waals surface area contributed by atoms with Crippen LogP contribution in [0.25, 0.3) is 6.08 Å². The minimum Gasteiger partial charge on any atom is -0.493 e. The molecule has 2 aromatic carbocycles. The van der Waals surface area contributed by atoms with Gasteiger partial charge < -0.3 is 18.9 Å². The van der Waals surface area contributed by atoms with E-state index in [9.17, 15) is 4.79 Å². The second-order valence-electron chi connectivity index (χ2n) is 5.20. The number of para-hydroxylation sites is 2. The maximum absolute atomic E-state index is 11.8. The Labute approximate surface area is 147 Å². The van der Waals surface area contributed by atoms with Gasteiger partial charge in [0.25, 0.3) is 0 Å². The summed E-state index contributed by atoms with van der Waals surface area (Å²) in [6.45, 7) is 2.44. The molecule has 0 aliphatic carbocycles. The first kappa shape index (κ1) is 18.4. The van der Waals surface area contributed by atoms with E-state index < -0.39 is 5.97 Å². The number of methoxy groups -OCH3 is 2. The van der Waals surface area contributed by atoms with Gasteiger partial charge in [0.15, 0.2) is 11.5 Å². The molecular formula is C20H22O5. The van der Waals surface area contributed by atoms with E-state index >= 15 is 0 Å². The molecular weight excluding hydrogens is 320 g/mol. The Bertz CT molecular complexity index is 737. The number of aryl methyl sites for hydroxylation is 1. The van der Waals surface area contributed by atoms with Crippen LogP contribution in [-0.2, 0) is 9.53 Å². The van der Waals surface area contributed by atoms with Crippen LogP contribution in [-0.4, -0.2) is 33.4 Å². The third-order valence-electron chi connectivity index (χ3n) is 3.51. The van der Waals surface area contributed by atoms with Gasteiger partial charge in [0.2, 0.25) is 0 Å². The number of esters is 1. The largest absolute Gasteiger partial charge is 0.493 e. The van der Waals surface area contributed by atoms with Crippen molar-refractivity contribution in [3.8, 4) is 17.2 Å². The fourth-order valence-electron chi connectivity index (χ4n) is 2.26. The number of carbonyl (C=O) groups is 1. The van der Waals surface area contributed by atoms with Gasteiger partial charge in [0.1, 0.15) is 19.0 Å². The van der Waals surface area contributed by atoms with Gasteiger partial charge in [0, 0.05) is 11.6 Å². The van der Waals surface area contributed by atoms with E-state index in [1.54, 1.807) is 26.4 Å². The van der Waals surface area contributed by atoms with E-state index in [2.05, 4.69) is 0 Å². The van der Waals surface area contributed by atoms with Gasteiger partial charge in [0.05, 0.1) is 14.2 Å². The fourth-order valence-corrected chi connectivity index (χ4v) is 2.26. The van der Waals surface area contributed by atoms with Gasteiger partial charge in [-0.05, 0) is 30.7 Å². The summed E-state index contributed by atoms with van der Waals surface area (Å²) in [7, 11) is 3.12. The molecule has 0 saturated carbocycles. The molecule has 5 nitrogen and oxygen atoms in total. The highest BCUT2D eigenvalue weighted by molar-refractivity contribution is 5.87. The molecule has 5 heteroatoms. The summed E-state index contributed by atoms with van der Waals surface area (Å²) in [6.07, 6.45) is 2.98. The Balaban J connectivity index is 1.84. The normalized spacial score (nSPS) is 10.5. The molecule has 0 saturated heterocycles. The van der Waals surface area contributed by atoms with Gasteiger partial charge in [-0.3, -0.25) is 0 Å². The summed E-state index contributed by atoms with van der Waals surface area (Å²) < 4.78 is 21.2. The van der Waals surface area contributed by atoms with Crippen LogP contribution in [0.2, 0.25) is 0 Å². The molecule has 0 spiro atoms. The van der Waals surface area contributed by atoms with E-state index in [0.717, 1.165) is 16.9 Å². The molecule has 0 aliphatic rings. The number of rotatable bonds is 8. The second kappa shape index (κ2) is 9.37. The minimum absolute atomic E-state index is 0.173. The van der Waals surface area contributed by atoms with Crippen LogP contribution in [0.3, 0.4) is 0 Å². The molecule has 2 aromatic rings. The zero-order valence-corrected chi connectivity index (χ0v) is 14.7. The summed E-state index contributed by atoms with van der Waals surface area (Å²) in [5.41, 5.74) is 1.77. The van der Waals surface area contributed by atoms with Gasteiger partial charge >= 0.3 is 5.97 Å². The number of hydrogen-bond acceptors (Lipinski definition) is 5. The van der Waals surface area contributed by atoms with E-state index in [1.807, 2.05) is 43.3 Å². The van der Waals surface area contributed by atoms with E-state index in [4.69, 9.17) is 18.9 Å². The van der Waals surface area contributed by atoms with Gasteiger partial charge in [-0.15, -0.1) is 0 Å². The summed E-state index contributed by atoms with van der Waals surface area (Å²) in [6, 6.07) is 13.1. The van der Waals surface area contributed by atoms with Gasteiger partial charge in [-0.1, -0.05) is 30.3 Å².